The summed E-state index contributed by atoms with van der Waals surface area (Å²) in [7, 11) is -2.40. The molecule has 0 aliphatic carbocycles. The van der Waals surface area contributed by atoms with Crippen molar-refractivity contribution in [2.75, 3.05) is 20.2 Å². The van der Waals surface area contributed by atoms with Crippen molar-refractivity contribution in [3.05, 3.63) is 60.2 Å². The van der Waals surface area contributed by atoms with Crippen LogP contribution in [0.15, 0.2) is 59.5 Å². The number of aliphatic hydroxyl groups is 1. The van der Waals surface area contributed by atoms with Crippen LogP contribution in [0.2, 0.25) is 0 Å². The lowest BCUT2D eigenvalue weighted by atomic mass is 10.0. The summed E-state index contributed by atoms with van der Waals surface area (Å²) in [5.41, 5.74) is 0.175. The van der Waals surface area contributed by atoms with E-state index in [9.17, 15) is 18.3 Å². The number of hydrogen-bond acceptors (Lipinski definition) is 6. The van der Waals surface area contributed by atoms with Gasteiger partial charge in [-0.15, -0.1) is 0 Å². The number of aliphatic hydroxyl groups excluding tert-OH is 1. The summed E-state index contributed by atoms with van der Waals surface area (Å²) in [6.07, 6.45) is -1.56. The topological polar surface area (TPSA) is 105 Å². The molecule has 1 unspecified atom stereocenters. The molecule has 1 amide bonds. The van der Waals surface area contributed by atoms with Crippen molar-refractivity contribution in [1.82, 2.24) is 9.62 Å². The molecule has 0 bridgehead atoms. The Morgan fingerprint density at radius 1 is 1.03 bits per heavy atom. The van der Waals surface area contributed by atoms with E-state index < -0.39 is 33.9 Å². The summed E-state index contributed by atoms with van der Waals surface area (Å²) in [6, 6.07) is 14.7. The Bertz CT molecular complexity index is 1030. The van der Waals surface area contributed by atoms with Gasteiger partial charge in [-0.3, -0.25) is 0 Å². The van der Waals surface area contributed by atoms with Gasteiger partial charge in [-0.25, -0.2) is 13.2 Å². The van der Waals surface area contributed by atoms with Crippen LogP contribution in [0, 0.1) is 5.92 Å². The largest absolute Gasteiger partial charge is 0.497 e. The second-order valence-corrected chi connectivity index (χ2v) is 11.8. The molecule has 2 rings (SSSR count). The van der Waals surface area contributed by atoms with E-state index in [1.807, 2.05) is 44.2 Å². The molecule has 0 spiro atoms. The van der Waals surface area contributed by atoms with Gasteiger partial charge in [0.05, 0.1) is 24.2 Å². The fraction of sp³-hybridized carbons (Fsp3) is 0.500. The molecule has 194 valence electrons. The number of nitrogens with zero attached hydrogens (tertiary/aromatic N) is 1. The zero-order valence-electron chi connectivity index (χ0n) is 21.4. The molecule has 35 heavy (non-hydrogen) atoms. The highest BCUT2D eigenvalue weighted by molar-refractivity contribution is 7.89. The normalized spacial score (nSPS) is 14.0. The maximum Gasteiger partial charge on any atom is 0.407 e. The van der Waals surface area contributed by atoms with Gasteiger partial charge in [-0.2, -0.15) is 4.31 Å². The first-order chi connectivity index (χ1) is 16.3. The first-order valence-electron chi connectivity index (χ1n) is 11.7. The molecule has 0 heterocycles. The Morgan fingerprint density at radius 2 is 1.63 bits per heavy atom. The second-order valence-electron chi connectivity index (χ2n) is 9.90. The summed E-state index contributed by atoms with van der Waals surface area (Å²) in [4.78, 5) is 12.6. The van der Waals surface area contributed by atoms with Gasteiger partial charge in [0, 0.05) is 13.1 Å². The number of sulfonamides is 1. The van der Waals surface area contributed by atoms with Gasteiger partial charge in [-0.1, -0.05) is 44.2 Å². The average Bonchev–Trinajstić information content (AvgIpc) is 2.77. The Morgan fingerprint density at radius 3 is 2.14 bits per heavy atom. The van der Waals surface area contributed by atoms with E-state index in [0.717, 1.165) is 5.56 Å². The summed E-state index contributed by atoms with van der Waals surface area (Å²) >= 11 is 0. The van der Waals surface area contributed by atoms with Crippen molar-refractivity contribution in [3.63, 3.8) is 0 Å². The van der Waals surface area contributed by atoms with Gasteiger partial charge in [-0.05, 0) is 62.9 Å². The summed E-state index contributed by atoms with van der Waals surface area (Å²) < 4.78 is 38.7. The van der Waals surface area contributed by atoms with Crippen LogP contribution in [0.3, 0.4) is 0 Å². The van der Waals surface area contributed by atoms with Crippen LogP contribution in [0.4, 0.5) is 4.79 Å². The molecule has 2 N–H and O–H groups in total. The second kappa shape index (κ2) is 12.4. The van der Waals surface area contributed by atoms with Gasteiger partial charge < -0.3 is 19.9 Å². The number of rotatable bonds is 11. The molecular weight excluding hydrogens is 468 g/mol. The van der Waals surface area contributed by atoms with Crippen molar-refractivity contribution in [1.29, 1.82) is 0 Å². The molecule has 2 aromatic carbocycles. The third kappa shape index (κ3) is 9.16. The average molecular weight is 507 g/mol. The SMILES string of the molecule is COc1ccc(S(=O)(=O)N(CC(C)C)CC(O)[C@H](Cc2ccccc2)NC(=O)OC(C)(C)C)cc1. The highest BCUT2D eigenvalue weighted by atomic mass is 32.2. The number of carbonyl (C=O) groups excluding carboxylic acids is 1. The number of nitrogens with one attached hydrogen (secondary N) is 1. The van der Waals surface area contributed by atoms with Crippen LogP contribution in [0.5, 0.6) is 5.75 Å². The van der Waals surface area contributed by atoms with E-state index in [4.69, 9.17) is 9.47 Å². The number of methoxy groups -OCH3 is 1. The maximum atomic E-state index is 13.5. The molecule has 8 nitrogen and oxygen atoms in total. The smallest absolute Gasteiger partial charge is 0.407 e. The molecule has 0 aliphatic rings. The molecule has 0 aromatic heterocycles. The predicted octanol–water partition coefficient (Wildman–Crippen LogP) is 3.84. The van der Waals surface area contributed by atoms with Crippen LogP contribution >= 0.6 is 0 Å². The van der Waals surface area contributed by atoms with Gasteiger partial charge in [0.15, 0.2) is 0 Å². The number of carbonyl (C=O) groups is 1. The lowest BCUT2D eigenvalue weighted by Gasteiger charge is -2.31. The predicted molar refractivity (Wildman–Crippen MR) is 136 cm³/mol. The quantitative estimate of drug-likeness (QED) is 0.480. The number of benzene rings is 2. The third-order valence-corrected chi connectivity index (χ3v) is 6.97. The van der Waals surface area contributed by atoms with Crippen molar-refractivity contribution < 1.29 is 27.8 Å². The van der Waals surface area contributed by atoms with Gasteiger partial charge >= 0.3 is 6.09 Å². The molecule has 2 aromatic rings. The van der Waals surface area contributed by atoms with E-state index in [0.29, 0.717) is 12.2 Å². The molecule has 9 heteroatoms. The summed E-state index contributed by atoms with van der Waals surface area (Å²) in [6.45, 7) is 9.07. The van der Waals surface area contributed by atoms with Crippen LogP contribution in [-0.2, 0) is 21.2 Å². The Balaban J connectivity index is 2.31. The summed E-state index contributed by atoms with van der Waals surface area (Å²) in [5, 5.41) is 13.9. The Labute approximate surface area is 209 Å². The highest BCUT2D eigenvalue weighted by Crippen LogP contribution is 2.22. The van der Waals surface area contributed by atoms with Gasteiger partial charge in [0.2, 0.25) is 10.0 Å². The lowest BCUT2D eigenvalue weighted by molar-refractivity contribution is 0.0400. The minimum Gasteiger partial charge on any atom is -0.497 e. The van der Waals surface area contributed by atoms with Gasteiger partial charge in [0.25, 0.3) is 0 Å². The standard InChI is InChI=1S/C26H38N2O6S/c1-19(2)17-28(35(31,32)22-14-12-21(33-6)13-15-22)18-24(29)23(16-20-10-8-7-9-11-20)27-25(30)34-26(3,4)5/h7-15,19,23-24,29H,16-18H2,1-6H3,(H,27,30)/t23-,24?/m0/s1. The fourth-order valence-corrected chi connectivity index (χ4v) is 5.14. The highest BCUT2D eigenvalue weighted by Gasteiger charge is 2.32. The van der Waals surface area contributed by atoms with Crippen molar-refractivity contribution in [2.45, 2.75) is 63.7 Å². The molecular formula is C26H38N2O6S. The van der Waals surface area contributed by atoms with Crippen molar-refractivity contribution in [2.24, 2.45) is 5.92 Å². The minimum atomic E-state index is -3.91. The first kappa shape index (κ1) is 28.6. The molecule has 0 saturated heterocycles. The zero-order valence-corrected chi connectivity index (χ0v) is 22.2. The van der Waals surface area contributed by atoms with Crippen LogP contribution in [0.25, 0.3) is 0 Å². The van der Waals surface area contributed by atoms with Gasteiger partial charge in [0.1, 0.15) is 11.4 Å². The van der Waals surface area contributed by atoms with E-state index in [1.165, 1.54) is 23.5 Å². The monoisotopic (exact) mass is 506 g/mol. The summed E-state index contributed by atoms with van der Waals surface area (Å²) in [5.74, 6) is 0.561. The molecule has 2 atom stereocenters. The van der Waals surface area contributed by atoms with Crippen LogP contribution in [0.1, 0.15) is 40.2 Å². The fourth-order valence-electron chi connectivity index (χ4n) is 3.52. The van der Waals surface area contributed by atoms with Crippen LogP contribution in [-0.4, -0.2) is 61.9 Å². The van der Waals surface area contributed by atoms with E-state index in [1.54, 1.807) is 32.9 Å². The minimum absolute atomic E-state index is 0.0154. The number of amides is 1. The van der Waals surface area contributed by atoms with E-state index in [2.05, 4.69) is 5.32 Å². The zero-order chi connectivity index (χ0) is 26.2. The molecule has 0 fully saturated rings. The number of ether oxygens (including phenoxy) is 2. The number of alkyl carbamates (subject to hydrolysis) is 1. The number of hydrogen-bond donors (Lipinski definition) is 2. The lowest BCUT2D eigenvalue weighted by Crippen LogP contribution is -2.51. The third-order valence-electron chi connectivity index (χ3n) is 5.12. The Kier molecular flexibility index (Phi) is 10.1. The molecule has 0 radical (unpaired) electrons. The maximum absolute atomic E-state index is 13.5. The molecule has 0 aliphatic heterocycles. The van der Waals surface area contributed by atoms with Crippen molar-refractivity contribution in [3.8, 4) is 5.75 Å². The Hall–Kier alpha value is -2.62. The molecule has 0 saturated carbocycles. The van der Waals surface area contributed by atoms with Crippen LogP contribution < -0.4 is 10.1 Å². The van der Waals surface area contributed by atoms with E-state index >= 15 is 0 Å². The first-order valence-corrected chi connectivity index (χ1v) is 13.1. The van der Waals surface area contributed by atoms with E-state index in [-0.39, 0.29) is 23.9 Å². The van der Waals surface area contributed by atoms with Crippen molar-refractivity contribution >= 4 is 16.1 Å².